The second-order valence-electron chi connectivity index (χ2n) is 3.14. The van der Waals surface area contributed by atoms with Gasteiger partial charge in [0.2, 0.25) is 0 Å². The zero-order valence-electron chi connectivity index (χ0n) is 8.32. The van der Waals surface area contributed by atoms with Crippen LogP contribution in [0, 0.1) is 0 Å². The summed E-state index contributed by atoms with van der Waals surface area (Å²) < 4.78 is 4.78. The Kier molecular flexibility index (Phi) is 4.08. The lowest BCUT2D eigenvalue weighted by atomic mass is 9.96. The van der Waals surface area contributed by atoms with Crippen molar-refractivity contribution in [1.29, 1.82) is 0 Å². The highest BCUT2D eigenvalue weighted by Crippen LogP contribution is 2.18. The Hall–Kier alpha value is -1.41. The molecular weight excluding hydrogens is 180 g/mol. The van der Waals surface area contributed by atoms with Crippen molar-refractivity contribution in [1.82, 2.24) is 0 Å². The van der Waals surface area contributed by atoms with Crippen LogP contribution in [-0.2, 0) is 9.53 Å². The number of carbonyl (C=O) groups excluding carboxylic acids is 1. The second-order valence-corrected chi connectivity index (χ2v) is 3.14. The van der Waals surface area contributed by atoms with Crippen LogP contribution in [0.25, 0.3) is 5.53 Å². The molecule has 0 N–H and O–H groups in total. The summed E-state index contributed by atoms with van der Waals surface area (Å²) in [5.74, 6) is -0.539. The molecule has 0 unspecified atom stereocenters. The summed E-state index contributed by atoms with van der Waals surface area (Å²) >= 11 is 0. The van der Waals surface area contributed by atoms with Gasteiger partial charge >= 0.3 is 11.7 Å². The molecule has 0 saturated carbocycles. The van der Waals surface area contributed by atoms with Crippen molar-refractivity contribution in [3.63, 3.8) is 0 Å². The third-order valence-electron chi connectivity index (χ3n) is 2.16. The summed E-state index contributed by atoms with van der Waals surface area (Å²) in [6.07, 6.45) is 5.83. The SMILES string of the molecule is CCOC(=O)C(=[N+]=[N-])C1=CCCCC1. The molecule has 0 saturated heterocycles. The van der Waals surface area contributed by atoms with Crippen molar-refractivity contribution >= 4 is 11.7 Å². The van der Waals surface area contributed by atoms with Crippen LogP contribution in [0.5, 0.6) is 0 Å². The van der Waals surface area contributed by atoms with Gasteiger partial charge in [0.1, 0.15) is 0 Å². The third-order valence-corrected chi connectivity index (χ3v) is 2.16. The van der Waals surface area contributed by atoms with E-state index < -0.39 is 5.97 Å². The zero-order valence-corrected chi connectivity index (χ0v) is 8.32. The highest BCUT2D eigenvalue weighted by atomic mass is 16.5. The molecule has 4 heteroatoms. The van der Waals surface area contributed by atoms with Gasteiger partial charge < -0.3 is 10.3 Å². The quantitative estimate of drug-likeness (QED) is 0.297. The van der Waals surface area contributed by atoms with E-state index in [1.807, 2.05) is 6.08 Å². The van der Waals surface area contributed by atoms with Crippen molar-refractivity contribution in [3.05, 3.63) is 17.2 Å². The van der Waals surface area contributed by atoms with Crippen molar-refractivity contribution in [2.45, 2.75) is 32.6 Å². The minimum atomic E-state index is -0.539. The Bertz CT molecular complexity index is 301. The van der Waals surface area contributed by atoms with Crippen LogP contribution < -0.4 is 0 Å². The maximum absolute atomic E-state index is 11.3. The van der Waals surface area contributed by atoms with Crippen LogP contribution in [0.15, 0.2) is 11.6 Å². The summed E-state index contributed by atoms with van der Waals surface area (Å²) in [6, 6.07) is 0. The highest BCUT2D eigenvalue weighted by Gasteiger charge is 2.27. The normalized spacial score (nSPS) is 15.4. The molecule has 0 radical (unpaired) electrons. The lowest BCUT2D eigenvalue weighted by Gasteiger charge is -2.07. The molecule has 1 rings (SSSR count). The minimum Gasteiger partial charge on any atom is -0.457 e. The molecule has 0 heterocycles. The standard InChI is InChI=1S/C10H14N2O2/c1-2-14-10(13)9(12-11)8-6-4-3-5-7-8/h6H,2-5,7H2,1H3. The van der Waals surface area contributed by atoms with E-state index in [2.05, 4.69) is 4.79 Å². The predicted octanol–water partition coefficient (Wildman–Crippen LogP) is 1.72. The number of nitrogens with zero attached hydrogens (tertiary/aromatic N) is 2. The molecule has 0 fully saturated rings. The Labute approximate surface area is 83.2 Å². The zero-order chi connectivity index (χ0) is 10.4. The predicted molar refractivity (Wildman–Crippen MR) is 51.8 cm³/mol. The second kappa shape index (κ2) is 5.35. The summed E-state index contributed by atoms with van der Waals surface area (Å²) in [6.45, 7) is 2.02. The van der Waals surface area contributed by atoms with E-state index >= 15 is 0 Å². The molecule has 76 valence electrons. The first kappa shape index (κ1) is 10.7. The number of rotatable bonds is 3. The van der Waals surface area contributed by atoms with Crippen molar-refractivity contribution in [3.8, 4) is 0 Å². The molecule has 1 aliphatic rings. The van der Waals surface area contributed by atoms with Crippen molar-refractivity contribution in [2.24, 2.45) is 0 Å². The molecule has 0 atom stereocenters. The van der Waals surface area contributed by atoms with Gasteiger partial charge in [0.15, 0.2) is 0 Å². The summed E-state index contributed by atoms with van der Waals surface area (Å²) in [5, 5.41) is 0. The monoisotopic (exact) mass is 194 g/mol. The summed E-state index contributed by atoms with van der Waals surface area (Å²) in [4.78, 5) is 14.3. The Balaban J connectivity index is 2.76. The lowest BCUT2D eigenvalue weighted by molar-refractivity contribution is -0.139. The fraction of sp³-hybridized carbons (Fsp3) is 0.600. The minimum absolute atomic E-state index is 0.0616. The maximum atomic E-state index is 11.3. The first-order valence-corrected chi connectivity index (χ1v) is 4.88. The summed E-state index contributed by atoms with van der Waals surface area (Å²) in [7, 11) is 0. The van der Waals surface area contributed by atoms with Crippen molar-refractivity contribution < 1.29 is 14.3 Å². The van der Waals surface area contributed by atoms with Crippen LogP contribution >= 0.6 is 0 Å². The largest absolute Gasteiger partial charge is 0.457 e. The smallest absolute Gasteiger partial charge is 0.421 e. The number of allylic oxidation sites excluding steroid dienone is 1. The van der Waals surface area contributed by atoms with Crippen LogP contribution in [0.4, 0.5) is 0 Å². The molecule has 0 aromatic carbocycles. The average molecular weight is 194 g/mol. The summed E-state index contributed by atoms with van der Waals surface area (Å²) in [5.41, 5.74) is 9.59. The average Bonchev–Trinajstić information content (AvgIpc) is 2.21. The van der Waals surface area contributed by atoms with Gasteiger partial charge in [-0.3, -0.25) is 0 Å². The van der Waals surface area contributed by atoms with Gasteiger partial charge in [0.05, 0.1) is 6.61 Å². The van der Waals surface area contributed by atoms with Gasteiger partial charge in [-0.15, -0.1) is 0 Å². The molecule has 0 aromatic heterocycles. The Morgan fingerprint density at radius 3 is 2.93 bits per heavy atom. The van der Waals surface area contributed by atoms with Gasteiger partial charge in [-0.2, -0.15) is 4.79 Å². The molecule has 0 spiro atoms. The molecule has 0 aromatic rings. The number of esters is 1. The fourth-order valence-corrected chi connectivity index (χ4v) is 1.49. The topological polar surface area (TPSA) is 62.7 Å². The molecule has 4 nitrogen and oxygen atoms in total. The van der Waals surface area contributed by atoms with E-state index in [9.17, 15) is 4.79 Å². The maximum Gasteiger partial charge on any atom is 0.421 e. The first-order valence-electron chi connectivity index (χ1n) is 4.88. The van der Waals surface area contributed by atoms with E-state index in [-0.39, 0.29) is 5.71 Å². The molecule has 1 aliphatic carbocycles. The van der Waals surface area contributed by atoms with Gasteiger partial charge in [0.25, 0.3) is 0 Å². The van der Waals surface area contributed by atoms with E-state index in [1.165, 1.54) is 0 Å². The fourth-order valence-electron chi connectivity index (χ4n) is 1.49. The molecule has 0 amide bonds. The van der Waals surface area contributed by atoms with Gasteiger partial charge in [-0.1, -0.05) is 6.08 Å². The third kappa shape index (κ3) is 2.54. The van der Waals surface area contributed by atoms with Gasteiger partial charge in [-0.25, -0.2) is 4.79 Å². The highest BCUT2D eigenvalue weighted by molar-refractivity contribution is 6.40. The number of hydrogen-bond acceptors (Lipinski definition) is 2. The van der Waals surface area contributed by atoms with Gasteiger partial charge in [-0.05, 0) is 32.6 Å². The molecule has 14 heavy (non-hydrogen) atoms. The number of ether oxygens (including phenoxy) is 1. The van der Waals surface area contributed by atoms with E-state index in [0.29, 0.717) is 6.61 Å². The van der Waals surface area contributed by atoms with Crippen LogP contribution in [0.2, 0.25) is 0 Å². The lowest BCUT2D eigenvalue weighted by Crippen LogP contribution is -2.21. The van der Waals surface area contributed by atoms with E-state index in [4.69, 9.17) is 10.3 Å². The van der Waals surface area contributed by atoms with Crippen LogP contribution in [0.3, 0.4) is 0 Å². The molecular formula is C10H14N2O2. The molecule has 0 aliphatic heterocycles. The Morgan fingerprint density at radius 2 is 2.43 bits per heavy atom. The molecule has 0 bridgehead atoms. The van der Waals surface area contributed by atoms with E-state index in [0.717, 1.165) is 31.3 Å². The van der Waals surface area contributed by atoms with E-state index in [1.54, 1.807) is 6.92 Å². The number of hydrogen-bond donors (Lipinski definition) is 0. The Morgan fingerprint density at radius 1 is 1.64 bits per heavy atom. The van der Waals surface area contributed by atoms with Gasteiger partial charge in [0, 0.05) is 5.57 Å². The van der Waals surface area contributed by atoms with Crippen molar-refractivity contribution in [2.75, 3.05) is 6.61 Å². The number of carbonyl (C=O) groups is 1. The van der Waals surface area contributed by atoms with Crippen LogP contribution in [-0.4, -0.2) is 23.1 Å². The van der Waals surface area contributed by atoms with Crippen LogP contribution in [0.1, 0.15) is 32.6 Å². The first-order chi connectivity index (χ1) is 6.79.